The van der Waals surface area contributed by atoms with Crippen LogP contribution in [0.2, 0.25) is 0 Å². The Bertz CT molecular complexity index is 839. The molecule has 30 heavy (non-hydrogen) atoms. The van der Waals surface area contributed by atoms with Crippen LogP contribution in [0.25, 0.3) is 0 Å². The molecule has 0 radical (unpaired) electrons. The van der Waals surface area contributed by atoms with Crippen molar-refractivity contribution in [3.8, 4) is 0 Å². The van der Waals surface area contributed by atoms with Crippen molar-refractivity contribution in [2.45, 2.75) is 58.5 Å². The maximum absolute atomic E-state index is 13.4. The van der Waals surface area contributed by atoms with E-state index in [1.807, 2.05) is 18.2 Å². The van der Waals surface area contributed by atoms with E-state index in [9.17, 15) is 9.18 Å². The number of benzene rings is 2. The lowest BCUT2D eigenvalue weighted by Gasteiger charge is -2.44. The second-order valence-electron chi connectivity index (χ2n) is 8.07. The number of carbonyl (C=O) groups is 1. The summed E-state index contributed by atoms with van der Waals surface area (Å²) < 4.78 is 13.4. The van der Waals surface area contributed by atoms with Crippen LogP contribution < -0.4 is 4.90 Å². The lowest BCUT2D eigenvalue weighted by atomic mass is 9.86. The SMILES string of the molecule is CCCCN(CCCC)C(C)/C=C1/C(=O)N(c2ccc(F)cc2)C1c1ccccc1. The van der Waals surface area contributed by atoms with Crippen LogP contribution in [0.1, 0.15) is 58.1 Å². The minimum atomic E-state index is -0.296. The van der Waals surface area contributed by atoms with E-state index in [1.165, 1.54) is 12.1 Å². The first-order valence-corrected chi connectivity index (χ1v) is 11.2. The molecule has 0 spiro atoms. The van der Waals surface area contributed by atoms with Crippen LogP contribution in [0.15, 0.2) is 66.2 Å². The Labute approximate surface area is 180 Å². The predicted octanol–water partition coefficient (Wildman–Crippen LogP) is 6.13. The number of nitrogens with zero attached hydrogens (tertiary/aromatic N) is 2. The first-order chi connectivity index (χ1) is 14.6. The van der Waals surface area contributed by atoms with Gasteiger partial charge in [0, 0.05) is 17.3 Å². The average Bonchev–Trinajstić information content (AvgIpc) is 2.77. The van der Waals surface area contributed by atoms with Gasteiger partial charge in [-0.15, -0.1) is 0 Å². The molecule has 160 valence electrons. The largest absolute Gasteiger partial charge is 0.297 e. The van der Waals surface area contributed by atoms with Crippen LogP contribution in [0.5, 0.6) is 0 Å². The molecule has 1 fully saturated rings. The number of hydrogen-bond donors (Lipinski definition) is 0. The summed E-state index contributed by atoms with van der Waals surface area (Å²) in [6.07, 6.45) is 6.79. The van der Waals surface area contributed by atoms with Gasteiger partial charge in [-0.25, -0.2) is 4.39 Å². The Hall–Kier alpha value is -2.46. The van der Waals surface area contributed by atoms with Crippen molar-refractivity contribution >= 4 is 11.6 Å². The van der Waals surface area contributed by atoms with E-state index >= 15 is 0 Å². The Morgan fingerprint density at radius 3 is 2.17 bits per heavy atom. The van der Waals surface area contributed by atoms with Crippen LogP contribution in [0, 0.1) is 5.82 Å². The van der Waals surface area contributed by atoms with Crippen molar-refractivity contribution in [1.82, 2.24) is 4.90 Å². The molecule has 2 unspecified atom stereocenters. The molecule has 0 N–H and O–H groups in total. The van der Waals surface area contributed by atoms with Gasteiger partial charge in [0.2, 0.25) is 0 Å². The van der Waals surface area contributed by atoms with Crippen LogP contribution >= 0.6 is 0 Å². The van der Waals surface area contributed by atoms with Gasteiger partial charge in [-0.1, -0.05) is 63.1 Å². The zero-order valence-electron chi connectivity index (χ0n) is 18.4. The molecule has 0 saturated carbocycles. The summed E-state index contributed by atoms with van der Waals surface area (Å²) in [6, 6.07) is 16.3. The number of halogens is 1. The van der Waals surface area contributed by atoms with Gasteiger partial charge in [-0.2, -0.15) is 0 Å². The molecule has 3 rings (SSSR count). The van der Waals surface area contributed by atoms with Gasteiger partial charge in [0.1, 0.15) is 5.82 Å². The van der Waals surface area contributed by atoms with Crippen molar-refractivity contribution in [2.75, 3.05) is 18.0 Å². The normalized spacial score (nSPS) is 18.7. The van der Waals surface area contributed by atoms with Crippen molar-refractivity contribution < 1.29 is 9.18 Å². The van der Waals surface area contributed by atoms with Crippen molar-refractivity contribution in [1.29, 1.82) is 0 Å². The lowest BCUT2D eigenvalue weighted by molar-refractivity contribution is -0.119. The van der Waals surface area contributed by atoms with Crippen LogP contribution in [-0.4, -0.2) is 29.9 Å². The van der Waals surface area contributed by atoms with E-state index < -0.39 is 0 Å². The minimum absolute atomic E-state index is 0.00763. The van der Waals surface area contributed by atoms with Gasteiger partial charge in [0.05, 0.1) is 6.04 Å². The number of unbranched alkanes of at least 4 members (excludes halogenated alkanes) is 2. The molecule has 4 heteroatoms. The summed E-state index contributed by atoms with van der Waals surface area (Å²) in [5, 5.41) is 0. The molecule has 0 bridgehead atoms. The average molecular weight is 409 g/mol. The summed E-state index contributed by atoms with van der Waals surface area (Å²) in [5.41, 5.74) is 2.64. The molecule has 1 aliphatic heterocycles. The van der Waals surface area contributed by atoms with E-state index in [4.69, 9.17) is 0 Å². The standard InChI is InChI=1S/C26H33FN2O/c1-4-6-17-28(18-7-5-2)20(3)19-24-25(21-11-9-8-10-12-21)29(26(24)30)23-15-13-22(27)14-16-23/h8-16,19-20,25H,4-7,17-18H2,1-3H3/b24-19+. The second kappa shape index (κ2) is 10.5. The van der Waals surface area contributed by atoms with E-state index in [0.29, 0.717) is 0 Å². The van der Waals surface area contributed by atoms with Gasteiger partial charge in [0.25, 0.3) is 5.91 Å². The molecule has 2 atom stereocenters. The molecular formula is C26H33FN2O. The number of rotatable bonds is 10. The molecule has 1 heterocycles. The number of amides is 1. The second-order valence-corrected chi connectivity index (χ2v) is 8.07. The fraction of sp³-hybridized carbons (Fsp3) is 0.423. The molecule has 2 aromatic carbocycles. The quantitative estimate of drug-likeness (QED) is 0.349. The third-order valence-corrected chi connectivity index (χ3v) is 5.83. The summed E-state index contributed by atoms with van der Waals surface area (Å²) >= 11 is 0. The zero-order valence-corrected chi connectivity index (χ0v) is 18.4. The van der Waals surface area contributed by atoms with E-state index in [0.717, 1.165) is 55.6 Å². The van der Waals surface area contributed by atoms with Crippen molar-refractivity contribution in [3.05, 3.63) is 77.6 Å². The first-order valence-electron chi connectivity index (χ1n) is 11.2. The van der Waals surface area contributed by atoms with Gasteiger partial charge in [-0.3, -0.25) is 14.6 Å². The monoisotopic (exact) mass is 408 g/mol. The lowest BCUT2D eigenvalue weighted by Crippen LogP contribution is -2.50. The highest BCUT2D eigenvalue weighted by Crippen LogP contribution is 2.43. The van der Waals surface area contributed by atoms with Gasteiger partial charge in [0.15, 0.2) is 0 Å². The summed E-state index contributed by atoms with van der Waals surface area (Å²) in [7, 11) is 0. The number of carbonyl (C=O) groups excluding carboxylic acids is 1. The molecule has 2 aromatic rings. The van der Waals surface area contributed by atoms with Crippen LogP contribution in [0.3, 0.4) is 0 Å². The van der Waals surface area contributed by atoms with Crippen molar-refractivity contribution in [2.24, 2.45) is 0 Å². The highest BCUT2D eigenvalue weighted by atomic mass is 19.1. The Morgan fingerprint density at radius 2 is 1.60 bits per heavy atom. The van der Waals surface area contributed by atoms with E-state index in [2.05, 4.69) is 43.9 Å². The Morgan fingerprint density at radius 1 is 1.00 bits per heavy atom. The summed E-state index contributed by atoms with van der Waals surface area (Å²) in [4.78, 5) is 17.4. The van der Waals surface area contributed by atoms with Gasteiger partial charge in [-0.05, 0) is 62.7 Å². The van der Waals surface area contributed by atoms with Gasteiger partial charge >= 0.3 is 0 Å². The molecule has 0 aliphatic carbocycles. The third-order valence-electron chi connectivity index (χ3n) is 5.83. The fourth-order valence-electron chi connectivity index (χ4n) is 4.05. The van der Waals surface area contributed by atoms with E-state index in [1.54, 1.807) is 17.0 Å². The predicted molar refractivity (Wildman–Crippen MR) is 122 cm³/mol. The fourth-order valence-corrected chi connectivity index (χ4v) is 4.05. The molecule has 1 aliphatic rings. The van der Waals surface area contributed by atoms with Gasteiger partial charge < -0.3 is 0 Å². The summed E-state index contributed by atoms with van der Waals surface area (Å²) in [6.45, 7) is 8.71. The highest BCUT2D eigenvalue weighted by molar-refractivity contribution is 6.15. The first kappa shape index (κ1) is 22.2. The Balaban J connectivity index is 1.89. The van der Waals surface area contributed by atoms with Crippen molar-refractivity contribution in [3.63, 3.8) is 0 Å². The topological polar surface area (TPSA) is 23.6 Å². The summed E-state index contributed by atoms with van der Waals surface area (Å²) in [5.74, 6) is -0.289. The number of hydrogen-bond acceptors (Lipinski definition) is 2. The van der Waals surface area contributed by atoms with Crippen LogP contribution in [0.4, 0.5) is 10.1 Å². The maximum Gasteiger partial charge on any atom is 0.257 e. The molecular weight excluding hydrogens is 375 g/mol. The molecule has 1 saturated heterocycles. The molecule has 1 amide bonds. The molecule has 0 aromatic heterocycles. The van der Waals surface area contributed by atoms with Crippen LogP contribution in [-0.2, 0) is 4.79 Å². The number of anilines is 1. The maximum atomic E-state index is 13.4. The Kier molecular flexibility index (Phi) is 7.81. The van der Waals surface area contributed by atoms with E-state index in [-0.39, 0.29) is 23.8 Å². The highest BCUT2D eigenvalue weighted by Gasteiger charge is 2.44. The smallest absolute Gasteiger partial charge is 0.257 e. The molecule has 3 nitrogen and oxygen atoms in total. The third kappa shape index (κ3) is 4.99. The minimum Gasteiger partial charge on any atom is -0.297 e. The number of β-lactam (4-membered cyclic amide) rings is 1. The zero-order chi connectivity index (χ0) is 21.5.